The van der Waals surface area contributed by atoms with Gasteiger partial charge in [0.25, 0.3) is 0 Å². The molecule has 0 aromatic heterocycles. The van der Waals surface area contributed by atoms with Gasteiger partial charge in [-0.2, -0.15) is 0 Å². The summed E-state index contributed by atoms with van der Waals surface area (Å²) in [7, 11) is 0. The normalized spacial score (nSPS) is 11.3. The van der Waals surface area contributed by atoms with E-state index in [4.69, 9.17) is 14.6 Å². The number of aliphatic hydroxyl groups excluding tert-OH is 1. The van der Waals surface area contributed by atoms with Crippen LogP contribution in [0.25, 0.3) is 0 Å². The molecule has 0 saturated heterocycles. The van der Waals surface area contributed by atoms with E-state index in [0.29, 0.717) is 19.8 Å². The minimum Gasteiger partial charge on any atom is -0.490 e. The number of benzene rings is 1. The van der Waals surface area contributed by atoms with Gasteiger partial charge in [-0.25, -0.2) is 0 Å². The van der Waals surface area contributed by atoms with Crippen LogP contribution in [0.1, 0.15) is 20.8 Å². The number of hydrogen-bond acceptors (Lipinski definition) is 4. The van der Waals surface area contributed by atoms with Crippen LogP contribution in [0.3, 0.4) is 0 Å². The largest absolute Gasteiger partial charge is 0.490 e. The van der Waals surface area contributed by atoms with E-state index >= 15 is 0 Å². The van der Waals surface area contributed by atoms with Crippen molar-refractivity contribution in [2.75, 3.05) is 26.4 Å². The molecule has 0 aliphatic carbocycles. The first-order valence-electron chi connectivity index (χ1n) is 6.29. The Bertz CT molecular complexity index is 353. The number of hydrogen-bond donors (Lipinski definition) is 2. The van der Waals surface area contributed by atoms with Gasteiger partial charge in [0.2, 0.25) is 0 Å². The minimum atomic E-state index is -0.275. The lowest BCUT2D eigenvalue weighted by Crippen LogP contribution is -2.44. The molecular weight excluding hydrogens is 230 g/mol. The standard InChI is InChI=1S/C14H23NO3/c1-4-17-12-7-5-6-8-13(12)18-10-9-15-14(2,3)11-16/h5-8,15-16H,4,9-11H2,1-3H3. The molecule has 0 aliphatic heterocycles. The Morgan fingerprint density at radius 3 is 2.33 bits per heavy atom. The summed E-state index contributed by atoms with van der Waals surface area (Å²) < 4.78 is 11.1. The van der Waals surface area contributed by atoms with E-state index < -0.39 is 0 Å². The van der Waals surface area contributed by atoms with E-state index in [-0.39, 0.29) is 12.1 Å². The number of nitrogens with one attached hydrogen (secondary N) is 1. The molecule has 1 aromatic carbocycles. The van der Waals surface area contributed by atoms with Crippen molar-refractivity contribution in [2.45, 2.75) is 26.3 Å². The van der Waals surface area contributed by atoms with Crippen LogP contribution in [0, 0.1) is 0 Å². The fourth-order valence-electron chi connectivity index (χ4n) is 1.45. The third-order valence-electron chi connectivity index (χ3n) is 2.51. The maximum absolute atomic E-state index is 9.10. The summed E-state index contributed by atoms with van der Waals surface area (Å²) in [4.78, 5) is 0. The molecule has 4 heteroatoms. The van der Waals surface area contributed by atoms with E-state index in [0.717, 1.165) is 11.5 Å². The molecule has 0 atom stereocenters. The molecule has 18 heavy (non-hydrogen) atoms. The zero-order valence-corrected chi connectivity index (χ0v) is 11.4. The first-order valence-corrected chi connectivity index (χ1v) is 6.29. The molecule has 1 rings (SSSR count). The van der Waals surface area contributed by atoms with Crippen LogP contribution in [-0.4, -0.2) is 37.0 Å². The molecule has 0 spiro atoms. The van der Waals surface area contributed by atoms with Gasteiger partial charge in [-0.1, -0.05) is 12.1 Å². The van der Waals surface area contributed by atoms with Gasteiger partial charge in [0.15, 0.2) is 11.5 Å². The highest BCUT2D eigenvalue weighted by atomic mass is 16.5. The summed E-state index contributed by atoms with van der Waals surface area (Å²) in [5, 5.41) is 12.3. The molecule has 0 saturated carbocycles. The highest BCUT2D eigenvalue weighted by Gasteiger charge is 2.14. The van der Waals surface area contributed by atoms with Crippen molar-refractivity contribution in [3.05, 3.63) is 24.3 Å². The van der Waals surface area contributed by atoms with E-state index in [2.05, 4.69) is 5.32 Å². The predicted molar refractivity (Wildman–Crippen MR) is 72.3 cm³/mol. The van der Waals surface area contributed by atoms with Crippen molar-refractivity contribution in [1.82, 2.24) is 5.32 Å². The second-order valence-electron chi connectivity index (χ2n) is 4.70. The van der Waals surface area contributed by atoms with Crippen LogP contribution in [0.5, 0.6) is 11.5 Å². The summed E-state index contributed by atoms with van der Waals surface area (Å²) in [5.74, 6) is 1.52. The average Bonchev–Trinajstić information content (AvgIpc) is 2.37. The number of para-hydroxylation sites is 2. The third kappa shape index (κ3) is 4.94. The zero-order valence-electron chi connectivity index (χ0n) is 11.4. The predicted octanol–water partition coefficient (Wildman–Crippen LogP) is 1.82. The van der Waals surface area contributed by atoms with Gasteiger partial charge in [-0.15, -0.1) is 0 Å². The van der Waals surface area contributed by atoms with Gasteiger partial charge >= 0.3 is 0 Å². The Labute approximate surface area is 109 Å². The van der Waals surface area contributed by atoms with E-state index in [1.807, 2.05) is 45.0 Å². The van der Waals surface area contributed by atoms with E-state index in [9.17, 15) is 0 Å². The maximum Gasteiger partial charge on any atom is 0.161 e. The van der Waals surface area contributed by atoms with Crippen molar-refractivity contribution >= 4 is 0 Å². The lowest BCUT2D eigenvalue weighted by Gasteiger charge is -2.23. The maximum atomic E-state index is 9.10. The Morgan fingerprint density at radius 1 is 1.17 bits per heavy atom. The zero-order chi connectivity index (χ0) is 13.4. The van der Waals surface area contributed by atoms with Crippen LogP contribution in [0.15, 0.2) is 24.3 Å². The molecule has 0 bridgehead atoms. The molecule has 0 unspecified atom stereocenters. The molecule has 4 nitrogen and oxygen atoms in total. The topological polar surface area (TPSA) is 50.7 Å². The third-order valence-corrected chi connectivity index (χ3v) is 2.51. The summed E-state index contributed by atoms with van der Waals surface area (Å²) in [6, 6.07) is 7.63. The summed E-state index contributed by atoms with van der Waals surface area (Å²) in [6.45, 7) is 7.77. The van der Waals surface area contributed by atoms with Gasteiger partial charge in [0, 0.05) is 12.1 Å². The van der Waals surface area contributed by atoms with E-state index in [1.165, 1.54) is 0 Å². The van der Waals surface area contributed by atoms with Crippen molar-refractivity contribution in [3.8, 4) is 11.5 Å². The van der Waals surface area contributed by atoms with Gasteiger partial charge < -0.3 is 19.9 Å². The fourth-order valence-corrected chi connectivity index (χ4v) is 1.45. The Kier molecular flexibility index (Phi) is 5.95. The fraction of sp³-hybridized carbons (Fsp3) is 0.571. The molecule has 2 N–H and O–H groups in total. The van der Waals surface area contributed by atoms with Crippen LogP contribution >= 0.6 is 0 Å². The van der Waals surface area contributed by atoms with E-state index in [1.54, 1.807) is 0 Å². The molecule has 0 fully saturated rings. The molecule has 102 valence electrons. The Morgan fingerprint density at radius 2 is 1.78 bits per heavy atom. The van der Waals surface area contributed by atoms with Gasteiger partial charge in [-0.05, 0) is 32.9 Å². The van der Waals surface area contributed by atoms with Crippen molar-refractivity contribution in [3.63, 3.8) is 0 Å². The summed E-state index contributed by atoms with van der Waals surface area (Å²) in [5.41, 5.74) is -0.275. The van der Waals surface area contributed by atoms with Crippen LogP contribution in [-0.2, 0) is 0 Å². The molecule has 0 radical (unpaired) electrons. The Balaban J connectivity index is 2.39. The van der Waals surface area contributed by atoms with Gasteiger partial charge in [-0.3, -0.25) is 0 Å². The van der Waals surface area contributed by atoms with Crippen molar-refractivity contribution in [1.29, 1.82) is 0 Å². The molecular formula is C14H23NO3. The number of rotatable bonds is 8. The number of aliphatic hydroxyl groups is 1. The summed E-state index contributed by atoms with van der Waals surface area (Å²) >= 11 is 0. The van der Waals surface area contributed by atoms with Crippen LogP contribution in [0.4, 0.5) is 0 Å². The van der Waals surface area contributed by atoms with Crippen molar-refractivity contribution in [2.24, 2.45) is 0 Å². The molecule has 0 aliphatic rings. The quantitative estimate of drug-likeness (QED) is 0.694. The smallest absolute Gasteiger partial charge is 0.161 e. The van der Waals surface area contributed by atoms with Crippen molar-refractivity contribution < 1.29 is 14.6 Å². The monoisotopic (exact) mass is 253 g/mol. The average molecular weight is 253 g/mol. The molecule has 0 heterocycles. The van der Waals surface area contributed by atoms with Gasteiger partial charge in [0.05, 0.1) is 13.2 Å². The van der Waals surface area contributed by atoms with Crippen LogP contribution in [0.2, 0.25) is 0 Å². The lowest BCUT2D eigenvalue weighted by molar-refractivity contribution is 0.179. The van der Waals surface area contributed by atoms with Gasteiger partial charge in [0.1, 0.15) is 6.61 Å². The molecule has 1 aromatic rings. The second-order valence-corrected chi connectivity index (χ2v) is 4.70. The first kappa shape index (κ1) is 14.8. The highest BCUT2D eigenvalue weighted by Crippen LogP contribution is 2.26. The number of ether oxygens (including phenoxy) is 2. The Hall–Kier alpha value is -1.26. The SMILES string of the molecule is CCOc1ccccc1OCCNC(C)(C)CO. The van der Waals surface area contributed by atoms with Crippen LogP contribution < -0.4 is 14.8 Å². The first-order chi connectivity index (χ1) is 8.59. The second kappa shape index (κ2) is 7.24. The summed E-state index contributed by atoms with van der Waals surface area (Å²) in [6.07, 6.45) is 0. The highest BCUT2D eigenvalue weighted by molar-refractivity contribution is 5.39. The minimum absolute atomic E-state index is 0.0997. The molecule has 0 amide bonds. The lowest BCUT2D eigenvalue weighted by atomic mass is 10.1.